The molecule has 107 heavy (non-hydrogen) atoms. The van der Waals surface area contributed by atoms with E-state index in [0.29, 0.717) is 0 Å². The Morgan fingerprint density at radius 2 is 0.336 bits per heavy atom. The van der Waals surface area contributed by atoms with Gasteiger partial charge in [0, 0.05) is 24.8 Å². The summed E-state index contributed by atoms with van der Waals surface area (Å²) in [4.78, 5) is 51.4. The van der Waals surface area contributed by atoms with Gasteiger partial charge in [0.2, 0.25) is 0 Å². The molecule has 10 nitrogen and oxygen atoms in total. The minimum atomic E-state index is -0.472. The van der Waals surface area contributed by atoms with E-state index in [4.69, 9.17) is 58.7 Å². The van der Waals surface area contributed by atoms with E-state index < -0.39 is 16.5 Å². The molecular weight excluding hydrogens is 1640 g/mol. The Morgan fingerprint density at radius 3 is 0.477 bits per heavy atom. The number of halogens is 2. The topological polar surface area (TPSA) is 134 Å². The molecule has 8 aromatic heterocycles. The molecule has 0 radical (unpaired) electrons. The number of rotatable bonds is 8. The number of hydrogen-bond donors (Lipinski definition) is 0. The molecule has 14 aromatic rings. The Balaban J connectivity index is 0.000000170. The largest absolute Gasteiger partial charge is 2.00 e. The van der Waals surface area contributed by atoms with Crippen LogP contribution in [0.4, 0.5) is 0 Å². The molecule has 6 aromatic carbocycles. The number of nitrogens with zero attached hydrogens (tertiary/aromatic N) is 10. The molecule has 0 amide bonds. The zero-order valence-electron chi connectivity index (χ0n) is 59.7. The third-order valence-corrected chi connectivity index (χ3v) is 19.2. The average Bonchev–Trinajstić information content (AvgIpc) is 1.63. The molecule has 512 valence electrons. The fourth-order valence-electron chi connectivity index (χ4n) is 13.9. The second kappa shape index (κ2) is 32.2. The van der Waals surface area contributed by atoms with E-state index in [1.165, 1.54) is 33.4 Å². The first-order valence-corrected chi connectivity index (χ1v) is 40.2. The first-order valence-electron chi connectivity index (χ1n) is 34.6. The van der Waals surface area contributed by atoms with Crippen LogP contribution in [0.15, 0.2) is 243 Å². The third kappa shape index (κ3) is 15.3. The van der Waals surface area contributed by atoms with Crippen molar-refractivity contribution in [2.24, 2.45) is 0 Å². The number of benzene rings is 6. The molecule has 16 bridgehead atoms. The Morgan fingerprint density at radius 1 is 0.206 bits per heavy atom. The number of aromatic nitrogens is 10. The van der Waals surface area contributed by atoms with Gasteiger partial charge in [0.25, 0.3) is 0 Å². The van der Waals surface area contributed by atoms with Crippen molar-refractivity contribution in [3.05, 3.63) is 322 Å². The van der Waals surface area contributed by atoms with Crippen LogP contribution in [-0.4, -0.2) is 29.9 Å². The van der Waals surface area contributed by atoms with E-state index in [1.54, 1.807) is 0 Å². The van der Waals surface area contributed by atoms with Gasteiger partial charge < -0.3 is 19.9 Å². The van der Waals surface area contributed by atoms with Gasteiger partial charge in [0.1, 0.15) is 0 Å². The molecule has 0 N–H and O–H groups in total. The molecule has 0 unspecified atom stereocenters. The van der Waals surface area contributed by atoms with Gasteiger partial charge in [-0.1, -0.05) is 228 Å². The predicted octanol–water partition coefficient (Wildman–Crippen LogP) is 23.2. The van der Waals surface area contributed by atoms with Crippen molar-refractivity contribution in [1.82, 2.24) is 49.8 Å². The summed E-state index contributed by atoms with van der Waals surface area (Å²) in [6.45, 7) is 12.6. The van der Waals surface area contributed by atoms with Crippen LogP contribution in [0.5, 0.6) is 0 Å². The van der Waals surface area contributed by atoms with E-state index in [1.807, 2.05) is 49.1 Å². The maximum absolute atomic E-state index is 5.35. The van der Waals surface area contributed by atoms with Crippen LogP contribution in [0, 0.1) is 41.5 Å². The fourth-order valence-corrected chi connectivity index (χ4v) is 13.9. The standard InChI is InChI=1S/2C46H33N5.2ClH.Pt.2Zn/c2*1-28-4-10-31(11-5-28)43-35-16-18-37(48-35)44(32-12-6-29(2)7-13-32)39-20-22-41(50-39)46(34-24-26-47-27-25-34)42-23-21-40(51-42)45(38-19-17-36(43)49-38)33-14-8-30(3)9-15-33;;;;;/h2*4-27H,1-3H3;2*1H;;;/q2*-2;;;3*+2/p-2. The summed E-state index contributed by atoms with van der Waals surface area (Å²) in [5.74, 6) is 0. The maximum Gasteiger partial charge on any atom is 2.00 e. The first-order chi connectivity index (χ1) is 51.4. The zero-order valence-corrected chi connectivity index (χ0v) is 69.4. The Hall–Kier alpha value is -10.7. The van der Waals surface area contributed by atoms with Gasteiger partial charge in [-0.15, -0.1) is 44.1 Å². The number of aryl methyl sites for hydroxylation is 6. The van der Waals surface area contributed by atoms with E-state index in [2.05, 4.69) is 294 Å². The van der Waals surface area contributed by atoms with E-state index in [9.17, 15) is 0 Å². The van der Waals surface area contributed by atoms with Gasteiger partial charge in [-0.3, -0.25) is 9.97 Å². The Bertz CT molecular complexity index is 5700. The first kappa shape index (κ1) is 73.2. The predicted molar refractivity (Wildman–Crippen MR) is 433 cm³/mol. The molecule has 0 fully saturated rings. The van der Waals surface area contributed by atoms with E-state index >= 15 is 0 Å². The van der Waals surface area contributed by atoms with Crippen molar-refractivity contribution < 1.29 is 55.4 Å². The normalized spacial score (nSPS) is 11.7. The molecule has 0 saturated carbocycles. The van der Waals surface area contributed by atoms with Crippen LogP contribution in [0.25, 0.3) is 182 Å². The molecule has 0 spiro atoms. The average molecular weight is 1710 g/mol. The van der Waals surface area contributed by atoms with Gasteiger partial charge in [-0.2, -0.15) is 0 Å². The van der Waals surface area contributed by atoms with Crippen LogP contribution in [0.1, 0.15) is 78.9 Å². The van der Waals surface area contributed by atoms with Gasteiger partial charge in [-0.25, -0.2) is 19.9 Å². The molecule has 12 heterocycles. The fraction of sp³-hybridized carbons (Fsp3) is 0.0652. The van der Waals surface area contributed by atoms with Crippen molar-refractivity contribution in [2.45, 2.75) is 41.5 Å². The van der Waals surface area contributed by atoms with Crippen LogP contribution in [0.3, 0.4) is 0 Å². The van der Waals surface area contributed by atoms with Crippen molar-refractivity contribution in [3.8, 4) is 89.0 Å². The molecule has 4 aliphatic rings. The second-order valence-corrected chi connectivity index (χ2v) is 29.7. The second-order valence-electron chi connectivity index (χ2n) is 26.4. The Labute approximate surface area is 663 Å². The molecule has 0 saturated heterocycles. The summed E-state index contributed by atoms with van der Waals surface area (Å²) in [5, 5.41) is 0. The van der Waals surface area contributed by atoms with Crippen LogP contribution >= 0.6 is 18.8 Å². The Kier molecular flexibility index (Phi) is 22.0. The number of hydrogen-bond acceptors (Lipinski definition) is 6. The molecule has 0 aliphatic carbocycles. The smallest absolute Gasteiger partial charge is 2.00 e. The van der Waals surface area contributed by atoms with Crippen molar-refractivity contribution in [3.63, 3.8) is 0 Å². The van der Waals surface area contributed by atoms with Crippen LogP contribution < -0.4 is 19.9 Å². The van der Waals surface area contributed by atoms with Crippen molar-refractivity contribution >= 4 is 112 Å². The van der Waals surface area contributed by atoms with Gasteiger partial charge in [-0.05, 0) is 203 Å². The number of pyridine rings is 2. The maximum atomic E-state index is 5.35. The quantitative estimate of drug-likeness (QED) is 0.135. The van der Waals surface area contributed by atoms with E-state index in [0.717, 1.165) is 179 Å². The van der Waals surface area contributed by atoms with Crippen LogP contribution in [0.2, 0.25) is 0 Å². The summed E-state index contributed by atoms with van der Waals surface area (Å²) < 4.78 is 0. The summed E-state index contributed by atoms with van der Waals surface area (Å²) in [6.07, 6.45) is 24.1. The van der Waals surface area contributed by atoms with Crippen molar-refractivity contribution in [2.75, 3.05) is 0 Å². The molecule has 18 rings (SSSR count). The third-order valence-electron chi connectivity index (χ3n) is 19.2. The molecule has 0 atom stereocenters. The van der Waals surface area contributed by atoms with Gasteiger partial charge in [0.15, 0.2) is 0 Å². The van der Waals surface area contributed by atoms with Gasteiger partial charge in [0.05, 0.1) is 45.6 Å². The summed E-state index contributed by atoms with van der Waals surface area (Å²) in [6, 6.07) is 76.5. The molecule has 4 aliphatic heterocycles. The minimum Gasteiger partial charge on any atom is 2.00 e. The summed E-state index contributed by atoms with van der Waals surface area (Å²) in [5.41, 5.74) is 36.8. The minimum absolute atomic E-state index is 0. The van der Waals surface area contributed by atoms with Crippen LogP contribution in [-0.2, 0) is 55.4 Å². The summed E-state index contributed by atoms with van der Waals surface area (Å²) in [7, 11) is 9.75. The van der Waals surface area contributed by atoms with Crippen molar-refractivity contribution in [1.29, 1.82) is 0 Å². The summed E-state index contributed by atoms with van der Waals surface area (Å²) >= 11 is -0.472. The number of fused-ring (bicyclic) bond motifs is 16. The van der Waals surface area contributed by atoms with E-state index in [-0.39, 0.29) is 39.0 Å². The SMILES string of the molecule is Cc1ccc(-c2c3nc(c(-c4ccc(C)cc4)c4ccc([n-]4)c(-c4ccc(C)cc4)c4nc(c(-c5ccncc5)c5ccc2[n-]5)C=C4)C=C3)cc1.Cc1ccc(-c2c3nc(c(-c4ccc(C)cc4)c4ccc([n-]4)c(-c4ccc(C)cc4)c4nc(c(-c5ccncc5)c5ccc2[n-]5)C=C4)C=C3)cc1.[Cl][Pt][Cl].[Zn+2].[Zn+2]. The monoisotopic (exact) mass is 1700 g/mol. The molecule has 15 heteroatoms. The zero-order chi connectivity index (χ0) is 71.7. The van der Waals surface area contributed by atoms with Gasteiger partial charge >= 0.3 is 74.3 Å². The molecular formula is C92H66Cl2N10PtZn2.